The van der Waals surface area contributed by atoms with Crippen LogP contribution in [0.1, 0.15) is 53.7 Å². The molecule has 1 fully saturated rings. The van der Waals surface area contributed by atoms with Crippen LogP contribution in [0.15, 0.2) is 11.6 Å². The van der Waals surface area contributed by atoms with E-state index in [4.69, 9.17) is 14.2 Å². The molecule has 10 nitrogen and oxygen atoms in total. The Hall–Kier alpha value is -3.11. The number of hydrogen-bond donors (Lipinski definition) is 3. The van der Waals surface area contributed by atoms with Gasteiger partial charge in [-0.2, -0.15) is 0 Å². The second-order valence-electron chi connectivity index (χ2n) is 8.68. The summed E-state index contributed by atoms with van der Waals surface area (Å²) in [6.45, 7) is 10.1. The number of anilines is 1. The summed E-state index contributed by atoms with van der Waals surface area (Å²) in [7, 11) is 1.57. The molecule has 1 saturated heterocycles. The fraction of sp³-hybridized carbons (Fsp3) is 0.560. The van der Waals surface area contributed by atoms with Gasteiger partial charge in [0, 0.05) is 50.4 Å². The summed E-state index contributed by atoms with van der Waals surface area (Å²) in [5.41, 5.74) is 3.98. The quantitative estimate of drug-likeness (QED) is 0.321. The monoisotopic (exact) mass is 488 g/mol. The summed E-state index contributed by atoms with van der Waals surface area (Å²) >= 11 is 0. The number of rotatable bonds is 11. The summed E-state index contributed by atoms with van der Waals surface area (Å²) in [6.07, 6.45) is 3.24. The molecule has 3 N–H and O–H groups in total. The summed E-state index contributed by atoms with van der Waals surface area (Å²) in [6, 6.07) is -0.408. The maximum Gasteiger partial charge on any atom is 0.341 e. The van der Waals surface area contributed by atoms with Crippen LogP contribution in [0.3, 0.4) is 0 Å². The Balaban J connectivity index is 1.70. The number of allylic oxidation sites excluding steroid dienone is 2. The molecule has 1 aromatic rings. The van der Waals surface area contributed by atoms with E-state index < -0.39 is 12.0 Å². The molecule has 0 bridgehead atoms. The fourth-order valence-corrected chi connectivity index (χ4v) is 4.29. The van der Waals surface area contributed by atoms with Crippen LogP contribution in [0.2, 0.25) is 0 Å². The van der Waals surface area contributed by atoms with Crippen LogP contribution in [0.25, 0.3) is 0 Å². The van der Waals surface area contributed by atoms with Gasteiger partial charge in [0.05, 0.1) is 18.4 Å². The lowest BCUT2D eigenvalue weighted by Crippen LogP contribution is -2.29. The zero-order valence-corrected chi connectivity index (χ0v) is 21.0. The van der Waals surface area contributed by atoms with Crippen LogP contribution in [0.4, 0.5) is 10.5 Å². The fourth-order valence-electron chi connectivity index (χ4n) is 4.29. The van der Waals surface area contributed by atoms with Gasteiger partial charge in [-0.3, -0.25) is 9.69 Å². The molecule has 2 heterocycles. The number of ether oxygens (including phenoxy) is 3. The molecule has 2 aliphatic heterocycles. The number of urea groups is 1. The van der Waals surface area contributed by atoms with Crippen molar-refractivity contribution in [2.45, 2.75) is 46.6 Å². The molecule has 10 heteroatoms. The van der Waals surface area contributed by atoms with Gasteiger partial charge in [-0.05, 0) is 39.2 Å². The number of carbonyl (C=O) groups excluding carboxylic acids is 3. The lowest BCUT2D eigenvalue weighted by molar-refractivity contribution is -0.143. The van der Waals surface area contributed by atoms with E-state index in [0.717, 1.165) is 43.0 Å². The Labute approximate surface area is 206 Å². The van der Waals surface area contributed by atoms with Gasteiger partial charge in [0.1, 0.15) is 19.0 Å². The number of nitrogens with zero attached hydrogens (tertiary/aromatic N) is 1. The van der Waals surface area contributed by atoms with E-state index in [-0.39, 0.29) is 19.0 Å². The molecule has 0 spiro atoms. The number of hydrogen-bond acceptors (Lipinski definition) is 8. The first kappa shape index (κ1) is 26.5. The summed E-state index contributed by atoms with van der Waals surface area (Å²) < 4.78 is 16.3. The maximum atomic E-state index is 12.5. The minimum atomic E-state index is -0.466. The SMILES string of the molecule is CCNC(=O)Nc1c(CC=C(C)CCC(=O)OCCN2CCNC2)c(OC)c(C)c2c1C(=O)OC2. The molecule has 3 rings (SSSR count). The molecule has 0 radical (unpaired) electrons. The van der Waals surface area contributed by atoms with E-state index in [1.54, 1.807) is 7.11 Å². The Morgan fingerprint density at radius 3 is 2.77 bits per heavy atom. The van der Waals surface area contributed by atoms with Crippen molar-refractivity contribution in [2.24, 2.45) is 0 Å². The van der Waals surface area contributed by atoms with E-state index >= 15 is 0 Å². The third-order valence-corrected chi connectivity index (χ3v) is 6.24. The summed E-state index contributed by atoms with van der Waals surface area (Å²) in [5, 5.41) is 8.76. The topological polar surface area (TPSA) is 118 Å². The molecule has 2 amide bonds. The zero-order chi connectivity index (χ0) is 25.4. The highest BCUT2D eigenvalue weighted by Crippen LogP contribution is 2.41. The van der Waals surface area contributed by atoms with Crippen molar-refractivity contribution in [3.63, 3.8) is 0 Å². The van der Waals surface area contributed by atoms with Crippen LogP contribution in [-0.2, 0) is 27.3 Å². The minimum Gasteiger partial charge on any atom is -0.496 e. The number of nitrogens with one attached hydrogen (secondary N) is 3. The smallest absolute Gasteiger partial charge is 0.341 e. The predicted molar refractivity (Wildman–Crippen MR) is 132 cm³/mol. The van der Waals surface area contributed by atoms with Crippen molar-refractivity contribution in [3.05, 3.63) is 33.9 Å². The Bertz CT molecular complexity index is 985. The first-order valence-electron chi connectivity index (χ1n) is 12.0. The van der Waals surface area contributed by atoms with Crippen molar-refractivity contribution in [3.8, 4) is 5.75 Å². The standard InChI is InChI=1S/C25H36N4O6/c1-5-27-25(32)28-22-18(23(33-4)17(3)19-14-35-24(31)21(19)22)8-6-16(2)7-9-20(30)34-13-12-29-11-10-26-15-29/h6,26H,5,7-15H2,1-4H3,(H2,27,28,32). The second-order valence-corrected chi connectivity index (χ2v) is 8.68. The van der Waals surface area contributed by atoms with E-state index in [1.165, 1.54) is 0 Å². The minimum absolute atomic E-state index is 0.145. The molecular formula is C25H36N4O6. The number of carbonyl (C=O) groups is 3. The van der Waals surface area contributed by atoms with Gasteiger partial charge >= 0.3 is 18.0 Å². The van der Waals surface area contributed by atoms with Gasteiger partial charge in [-0.25, -0.2) is 9.59 Å². The number of methoxy groups -OCH3 is 1. The number of fused-ring (bicyclic) bond motifs is 1. The molecule has 0 saturated carbocycles. The van der Waals surface area contributed by atoms with Crippen molar-refractivity contribution in [1.82, 2.24) is 15.5 Å². The number of benzene rings is 1. The van der Waals surface area contributed by atoms with E-state index in [2.05, 4.69) is 20.9 Å². The summed E-state index contributed by atoms with van der Waals surface area (Å²) in [5.74, 6) is -0.0853. The third kappa shape index (κ3) is 6.73. The molecule has 1 aromatic carbocycles. The molecule has 0 atom stereocenters. The highest BCUT2D eigenvalue weighted by molar-refractivity contribution is 6.05. The average Bonchev–Trinajstić information content (AvgIpc) is 3.48. The van der Waals surface area contributed by atoms with Crippen molar-refractivity contribution in [2.75, 3.05) is 51.9 Å². The third-order valence-electron chi connectivity index (χ3n) is 6.24. The number of esters is 2. The molecule has 0 aliphatic carbocycles. The highest BCUT2D eigenvalue weighted by Gasteiger charge is 2.32. The predicted octanol–water partition coefficient (Wildman–Crippen LogP) is 2.49. The zero-order valence-electron chi connectivity index (χ0n) is 21.0. The van der Waals surface area contributed by atoms with Crippen LogP contribution in [0, 0.1) is 6.92 Å². The first-order valence-corrected chi connectivity index (χ1v) is 12.0. The van der Waals surface area contributed by atoms with Crippen LogP contribution in [0.5, 0.6) is 5.75 Å². The molecule has 0 aromatic heterocycles. The highest BCUT2D eigenvalue weighted by atomic mass is 16.5. The Morgan fingerprint density at radius 2 is 2.09 bits per heavy atom. The van der Waals surface area contributed by atoms with E-state index in [9.17, 15) is 14.4 Å². The molecule has 35 heavy (non-hydrogen) atoms. The molecule has 0 unspecified atom stereocenters. The largest absolute Gasteiger partial charge is 0.496 e. The Morgan fingerprint density at radius 1 is 1.29 bits per heavy atom. The lowest BCUT2D eigenvalue weighted by Gasteiger charge is -2.20. The van der Waals surface area contributed by atoms with Gasteiger partial charge in [0.25, 0.3) is 0 Å². The van der Waals surface area contributed by atoms with Gasteiger partial charge in [-0.1, -0.05) is 11.6 Å². The molecule has 192 valence electrons. The lowest BCUT2D eigenvalue weighted by atomic mass is 9.93. The van der Waals surface area contributed by atoms with Crippen LogP contribution < -0.4 is 20.7 Å². The summed E-state index contributed by atoms with van der Waals surface area (Å²) in [4.78, 5) is 39.2. The average molecular weight is 489 g/mol. The molecule has 2 aliphatic rings. The molecular weight excluding hydrogens is 452 g/mol. The van der Waals surface area contributed by atoms with Gasteiger partial charge in [0.15, 0.2) is 0 Å². The first-order chi connectivity index (χ1) is 16.8. The van der Waals surface area contributed by atoms with Crippen molar-refractivity contribution >= 4 is 23.7 Å². The van der Waals surface area contributed by atoms with Gasteiger partial charge < -0.3 is 30.2 Å². The number of cyclic esters (lactones) is 1. The second kappa shape index (κ2) is 12.6. The van der Waals surface area contributed by atoms with Crippen molar-refractivity contribution < 1.29 is 28.6 Å². The normalized spacial score (nSPS) is 15.5. The van der Waals surface area contributed by atoms with Gasteiger partial charge in [0.2, 0.25) is 0 Å². The maximum absolute atomic E-state index is 12.5. The van der Waals surface area contributed by atoms with Crippen molar-refractivity contribution in [1.29, 1.82) is 0 Å². The van der Waals surface area contributed by atoms with E-state index in [1.807, 2.05) is 26.8 Å². The number of amides is 2. The van der Waals surface area contributed by atoms with Gasteiger partial charge in [-0.15, -0.1) is 0 Å². The Kier molecular flexibility index (Phi) is 9.50. The van der Waals surface area contributed by atoms with E-state index in [0.29, 0.717) is 48.6 Å². The van der Waals surface area contributed by atoms with Crippen LogP contribution in [-0.4, -0.2) is 69.4 Å². The van der Waals surface area contributed by atoms with Crippen LogP contribution >= 0.6 is 0 Å².